The van der Waals surface area contributed by atoms with E-state index in [9.17, 15) is 4.79 Å². The Bertz CT molecular complexity index is 379. The van der Waals surface area contributed by atoms with Crippen LogP contribution in [-0.2, 0) is 11.2 Å². The molecule has 1 N–H and O–H groups in total. The molecule has 1 fully saturated rings. The molecule has 17 heavy (non-hydrogen) atoms. The van der Waals surface area contributed by atoms with Crippen LogP contribution in [0.1, 0.15) is 55.7 Å². The summed E-state index contributed by atoms with van der Waals surface area (Å²) in [6.07, 6.45) is 3.44. The monoisotopic (exact) mass is 234 g/mol. The summed E-state index contributed by atoms with van der Waals surface area (Å²) in [4.78, 5) is 10.6. The van der Waals surface area contributed by atoms with Crippen molar-refractivity contribution in [2.75, 3.05) is 0 Å². The molecule has 0 saturated heterocycles. The normalized spacial score (nSPS) is 13.8. The van der Waals surface area contributed by atoms with Gasteiger partial charge in [0.25, 0.3) is 0 Å². The summed E-state index contributed by atoms with van der Waals surface area (Å²) in [5, 5.41) is 8.69. The van der Waals surface area contributed by atoms with Crippen LogP contribution in [0.3, 0.4) is 0 Å². The van der Waals surface area contributed by atoms with Gasteiger partial charge in [0, 0.05) is 6.42 Å². The predicted molar refractivity (Wildman–Crippen MR) is 70.5 cm³/mol. The first-order valence-corrected chi connectivity index (χ1v) is 6.48. The van der Waals surface area contributed by atoms with E-state index in [-0.39, 0.29) is 6.42 Å². The van der Waals surface area contributed by atoms with Gasteiger partial charge in [0.2, 0.25) is 0 Å². The fourth-order valence-electron chi connectivity index (χ4n) is 1.99. The van der Waals surface area contributed by atoms with Gasteiger partial charge in [0.15, 0.2) is 0 Å². The summed E-state index contributed by atoms with van der Waals surface area (Å²) < 4.78 is 0. The third kappa shape index (κ3) is 4.22. The molecule has 0 aliphatic heterocycles. The van der Waals surface area contributed by atoms with E-state index in [1.54, 1.807) is 0 Å². The topological polar surface area (TPSA) is 37.3 Å². The van der Waals surface area contributed by atoms with Crippen molar-refractivity contribution in [3.05, 3.63) is 34.9 Å². The molecule has 1 aliphatic rings. The van der Waals surface area contributed by atoms with Gasteiger partial charge in [0.1, 0.15) is 0 Å². The fourth-order valence-corrected chi connectivity index (χ4v) is 1.99. The van der Waals surface area contributed by atoms with E-state index in [2.05, 4.69) is 25.1 Å². The first kappa shape index (κ1) is 13.8. The number of hydrogen-bond donors (Lipinski definition) is 1. The van der Waals surface area contributed by atoms with Gasteiger partial charge in [-0.15, -0.1) is 0 Å². The molecule has 0 atom stereocenters. The second-order valence-electron chi connectivity index (χ2n) is 4.37. The van der Waals surface area contributed by atoms with Crippen molar-refractivity contribution in [3.8, 4) is 0 Å². The van der Waals surface area contributed by atoms with Crippen LogP contribution in [0.15, 0.2) is 18.2 Å². The molecule has 94 valence electrons. The van der Waals surface area contributed by atoms with Gasteiger partial charge in [-0.05, 0) is 43.2 Å². The second-order valence-corrected chi connectivity index (χ2v) is 4.37. The van der Waals surface area contributed by atoms with E-state index in [4.69, 9.17) is 5.11 Å². The highest BCUT2D eigenvalue weighted by Crippen LogP contribution is 2.42. The molecule has 1 aliphatic carbocycles. The minimum Gasteiger partial charge on any atom is -0.481 e. The molecule has 2 nitrogen and oxygen atoms in total. The molecule has 0 bridgehead atoms. The summed E-state index contributed by atoms with van der Waals surface area (Å²) in [6.45, 7) is 6.06. The van der Waals surface area contributed by atoms with Gasteiger partial charge in [-0.25, -0.2) is 0 Å². The van der Waals surface area contributed by atoms with Gasteiger partial charge < -0.3 is 5.11 Å². The van der Waals surface area contributed by atoms with Crippen molar-refractivity contribution in [2.45, 2.75) is 52.4 Å². The molecule has 0 amide bonds. The molecular formula is C15H22O2. The SMILES string of the molecule is CC.Cc1ccc(C2CC2)c(CCC(=O)O)c1. The molecule has 1 aromatic rings. The van der Waals surface area contributed by atoms with E-state index in [1.807, 2.05) is 13.8 Å². The molecule has 0 aromatic heterocycles. The van der Waals surface area contributed by atoms with E-state index < -0.39 is 5.97 Å². The Labute approximate surface area is 104 Å². The smallest absolute Gasteiger partial charge is 0.303 e. The molecule has 2 heteroatoms. The van der Waals surface area contributed by atoms with Crippen LogP contribution in [0.2, 0.25) is 0 Å². The highest BCUT2D eigenvalue weighted by molar-refractivity contribution is 5.67. The number of hydrogen-bond acceptors (Lipinski definition) is 1. The number of carbonyl (C=O) groups is 1. The maximum atomic E-state index is 10.6. The highest BCUT2D eigenvalue weighted by Gasteiger charge is 2.25. The minimum atomic E-state index is -0.710. The Morgan fingerprint density at radius 3 is 2.53 bits per heavy atom. The predicted octanol–water partition coefficient (Wildman–Crippen LogP) is 3.92. The molecule has 0 radical (unpaired) electrons. The standard InChI is InChI=1S/C13H16O2.C2H6/c1-9-2-6-12(10-3-4-10)11(8-9)5-7-13(14)15;1-2/h2,6,8,10H,3-5,7H2,1H3,(H,14,15);1-2H3. The third-order valence-electron chi connectivity index (χ3n) is 2.92. The zero-order chi connectivity index (χ0) is 12.8. The highest BCUT2D eigenvalue weighted by atomic mass is 16.4. The molecule has 2 rings (SSSR count). The average Bonchev–Trinajstić information content (AvgIpc) is 3.13. The number of rotatable bonds is 4. The Morgan fingerprint density at radius 1 is 1.35 bits per heavy atom. The van der Waals surface area contributed by atoms with Gasteiger partial charge in [-0.3, -0.25) is 4.79 Å². The van der Waals surface area contributed by atoms with Crippen molar-refractivity contribution in [1.82, 2.24) is 0 Å². The van der Waals surface area contributed by atoms with Gasteiger partial charge in [0.05, 0.1) is 0 Å². The van der Waals surface area contributed by atoms with Crippen LogP contribution in [0.4, 0.5) is 0 Å². The van der Waals surface area contributed by atoms with Crippen LogP contribution < -0.4 is 0 Å². The summed E-state index contributed by atoms with van der Waals surface area (Å²) in [5.41, 5.74) is 3.83. The maximum absolute atomic E-state index is 10.6. The first-order valence-electron chi connectivity index (χ1n) is 6.48. The zero-order valence-electron chi connectivity index (χ0n) is 11.0. The number of benzene rings is 1. The Morgan fingerprint density at radius 2 is 2.00 bits per heavy atom. The van der Waals surface area contributed by atoms with Crippen molar-refractivity contribution < 1.29 is 9.90 Å². The Hall–Kier alpha value is -1.31. The molecule has 0 unspecified atom stereocenters. The maximum Gasteiger partial charge on any atom is 0.303 e. The van der Waals surface area contributed by atoms with E-state index in [0.29, 0.717) is 12.3 Å². The lowest BCUT2D eigenvalue weighted by Crippen LogP contribution is -2.00. The number of carboxylic acid groups (broad SMARTS) is 1. The number of carboxylic acids is 1. The van der Waals surface area contributed by atoms with E-state index in [1.165, 1.54) is 29.5 Å². The van der Waals surface area contributed by atoms with Crippen LogP contribution >= 0.6 is 0 Å². The van der Waals surface area contributed by atoms with Crippen molar-refractivity contribution in [2.24, 2.45) is 0 Å². The Balaban J connectivity index is 0.000000686. The quantitative estimate of drug-likeness (QED) is 0.857. The largest absolute Gasteiger partial charge is 0.481 e. The molecule has 1 aromatic carbocycles. The van der Waals surface area contributed by atoms with Crippen LogP contribution in [0.25, 0.3) is 0 Å². The lowest BCUT2D eigenvalue weighted by Gasteiger charge is -2.08. The van der Waals surface area contributed by atoms with Crippen molar-refractivity contribution in [3.63, 3.8) is 0 Å². The van der Waals surface area contributed by atoms with Gasteiger partial charge in [-0.2, -0.15) is 0 Å². The van der Waals surface area contributed by atoms with Crippen LogP contribution in [-0.4, -0.2) is 11.1 Å². The van der Waals surface area contributed by atoms with Gasteiger partial charge >= 0.3 is 5.97 Å². The second kappa shape index (κ2) is 6.43. The van der Waals surface area contributed by atoms with E-state index in [0.717, 1.165) is 0 Å². The van der Waals surface area contributed by atoms with Gasteiger partial charge in [-0.1, -0.05) is 37.6 Å². The van der Waals surface area contributed by atoms with Crippen LogP contribution in [0.5, 0.6) is 0 Å². The summed E-state index contributed by atoms with van der Waals surface area (Å²) in [7, 11) is 0. The summed E-state index contributed by atoms with van der Waals surface area (Å²) in [5.74, 6) is -0.00681. The fraction of sp³-hybridized carbons (Fsp3) is 0.533. The lowest BCUT2D eigenvalue weighted by molar-refractivity contribution is -0.136. The van der Waals surface area contributed by atoms with E-state index >= 15 is 0 Å². The zero-order valence-corrected chi connectivity index (χ0v) is 11.0. The van der Waals surface area contributed by atoms with Crippen molar-refractivity contribution in [1.29, 1.82) is 0 Å². The summed E-state index contributed by atoms with van der Waals surface area (Å²) in [6, 6.07) is 6.43. The summed E-state index contributed by atoms with van der Waals surface area (Å²) >= 11 is 0. The Kier molecular flexibility index (Phi) is 5.20. The average molecular weight is 234 g/mol. The minimum absolute atomic E-state index is 0.239. The number of aliphatic carboxylic acids is 1. The lowest BCUT2D eigenvalue weighted by atomic mass is 9.97. The molecule has 0 spiro atoms. The third-order valence-corrected chi connectivity index (χ3v) is 2.92. The molecule has 1 saturated carbocycles. The van der Waals surface area contributed by atoms with Crippen LogP contribution in [0, 0.1) is 6.92 Å². The molecular weight excluding hydrogens is 212 g/mol. The first-order chi connectivity index (χ1) is 8.16. The number of aryl methyl sites for hydroxylation is 2. The molecule has 0 heterocycles. The van der Waals surface area contributed by atoms with Crippen molar-refractivity contribution >= 4 is 5.97 Å².